The summed E-state index contributed by atoms with van der Waals surface area (Å²) >= 11 is 0. The van der Waals surface area contributed by atoms with Crippen LogP contribution < -0.4 is 15.2 Å². The lowest BCUT2D eigenvalue weighted by atomic mass is 10.1. The van der Waals surface area contributed by atoms with Gasteiger partial charge in [-0.3, -0.25) is 0 Å². The van der Waals surface area contributed by atoms with Crippen LogP contribution in [0.25, 0.3) is 0 Å². The molecular weight excluding hydrogens is 230 g/mol. The second-order valence-electron chi connectivity index (χ2n) is 4.65. The molecule has 0 aliphatic rings. The summed E-state index contributed by atoms with van der Waals surface area (Å²) in [4.78, 5) is 0. The molecule has 102 valence electrons. The van der Waals surface area contributed by atoms with E-state index in [1.165, 1.54) is 0 Å². The van der Waals surface area contributed by atoms with E-state index < -0.39 is 0 Å². The van der Waals surface area contributed by atoms with Crippen molar-refractivity contribution in [1.29, 1.82) is 0 Å². The van der Waals surface area contributed by atoms with Gasteiger partial charge in [-0.15, -0.1) is 0 Å². The molecule has 0 amide bonds. The Morgan fingerprint density at radius 3 is 2.39 bits per heavy atom. The fourth-order valence-corrected chi connectivity index (χ4v) is 1.65. The van der Waals surface area contributed by atoms with E-state index >= 15 is 0 Å². The van der Waals surface area contributed by atoms with Crippen LogP contribution in [-0.2, 0) is 4.74 Å². The molecule has 0 aromatic heterocycles. The van der Waals surface area contributed by atoms with Crippen molar-refractivity contribution in [2.75, 3.05) is 27.4 Å². The highest BCUT2D eigenvalue weighted by Crippen LogP contribution is 2.28. The van der Waals surface area contributed by atoms with Crippen molar-refractivity contribution in [3.8, 4) is 11.5 Å². The lowest BCUT2D eigenvalue weighted by Gasteiger charge is -2.17. The maximum Gasteiger partial charge on any atom is 0.123 e. The zero-order valence-corrected chi connectivity index (χ0v) is 11.6. The Bertz CT molecular complexity index is 366. The predicted molar refractivity (Wildman–Crippen MR) is 72.1 cm³/mol. The minimum absolute atomic E-state index is 0.214. The highest BCUT2D eigenvalue weighted by Gasteiger charge is 2.13. The van der Waals surface area contributed by atoms with E-state index in [0.29, 0.717) is 19.1 Å². The Morgan fingerprint density at radius 2 is 1.83 bits per heavy atom. The first kappa shape index (κ1) is 14.8. The molecule has 1 unspecified atom stereocenters. The summed E-state index contributed by atoms with van der Waals surface area (Å²) in [5, 5.41) is 0. The molecule has 18 heavy (non-hydrogen) atoms. The van der Waals surface area contributed by atoms with Gasteiger partial charge in [-0.2, -0.15) is 0 Å². The quantitative estimate of drug-likeness (QED) is 0.810. The number of hydrogen-bond donors (Lipinski definition) is 1. The minimum atomic E-state index is -0.214. The standard InChI is InChI=1S/C14H23NO3/c1-10(2)8-18-9-13(15)12-7-11(16-3)5-6-14(12)17-4/h5-7,10,13H,8-9,15H2,1-4H3. The monoisotopic (exact) mass is 253 g/mol. The van der Waals surface area contributed by atoms with Gasteiger partial charge >= 0.3 is 0 Å². The number of nitrogens with two attached hydrogens (primary N) is 1. The van der Waals surface area contributed by atoms with Gasteiger partial charge in [-0.05, 0) is 24.1 Å². The maximum absolute atomic E-state index is 6.12. The highest BCUT2D eigenvalue weighted by molar-refractivity contribution is 5.42. The molecule has 2 N–H and O–H groups in total. The second kappa shape index (κ2) is 7.24. The fourth-order valence-electron chi connectivity index (χ4n) is 1.65. The number of benzene rings is 1. The molecule has 4 nitrogen and oxygen atoms in total. The van der Waals surface area contributed by atoms with Crippen LogP contribution in [0.2, 0.25) is 0 Å². The molecule has 0 aliphatic carbocycles. The van der Waals surface area contributed by atoms with Crippen molar-refractivity contribution >= 4 is 0 Å². The Labute approximate surface area is 109 Å². The molecule has 0 aliphatic heterocycles. The normalized spacial score (nSPS) is 12.6. The van der Waals surface area contributed by atoms with Gasteiger partial charge < -0.3 is 19.9 Å². The summed E-state index contributed by atoms with van der Waals surface area (Å²) < 4.78 is 16.1. The van der Waals surface area contributed by atoms with Crippen molar-refractivity contribution in [2.24, 2.45) is 11.7 Å². The van der Waals surface area contributed by atoms with Gasteiger partial charge in [-0.1, -0.05) is 13.8 Å². The molecule has 1 atom stereocenters. The largest absolute Gasteiger partial charge is 0.497 e. The van der Waals surface area contributed by atoms with Gasteiger partial charge in [0.15, 0.2) is 0 Å². The van der Waals surface area contributed by atoms with Crippen molar-refractivity contribution in [3.63, 3.8) is 0 Å². The first-order valence-electron chi connectivity index (χ1n) is 6.13. The van der Waals surface area contributed by atoms with Gasteiger partial charge in [0.05, 0.1) is 26.9 Å². The third-order valence-corrected chi connectivity index (χ3v) is 2.58. The smallest absolute Gasteiger partial charge is 0.123 e. The number of hydrogen-bond acceptors (Lipinski definition) is 4. The first-order valence-corrected chi connectivity index (χ1v) is 6.13. The van der Waals surface area contributed by atoms with Crippen molar-refractivity contribution in [3.05, 3.63) is 23.8 Å². The fraction of sp³-hybridized carbons (Fsp3) is 0.571. The molecular formula is C14H23NO3. The van der Waals surface area contributed by atoms with E-state index in [2.05, 4.69) is 13.8 Å². The SMILES string of the molecule is COc1ccc(OC)c(C(N)COCC(C)C)c1. The van der Waals surface area contributed by atoms with E-state index in [-0.39, 0.29) is 6.04 Å². The average molecular weight is 253 g/mol. The zero-order chi connectivity index (χ0) is 13.5. The van der Waals surface area contributed by atoms with E-state index in [0.717, 1.165) is 17.1 Å². The van der Waals surface area contributed by atoms with Gasteiger partial charge in [0.25, 0.3) is 0 Å². The summed E-state index contributed by atoms with van der Waals surface area (Å²) in [6, 6.07) is 5.39. The van der Waals surface area contributed by atoms with E-state index in [1.54, 1.807) is 14.2 Å². The predicted octanol–water partition coefficient (Wildman–Crippen LogP) is 2.38. The molecule has 1 aromatic carbocycles. The third kappa shape index (κ3) is 4.20. The molecule has 0 saturated carbocycles. The van der Waals surface area contributed by atoms with Crippen LogP contribution >= 0.6 is 0 Å². The molecule has 0 radical (unpaired) electrons. The van der Waals surface area contributed by atoms with Gasteiger partial charge in [0, 0.05) is 12.2 Å². The Hall–Kier alpha value is -1.26. The van der Waals surface area contributed by atoms with Crippen LogP contribution in [-0.4, -0.2) is 27.4 Å². The topological polar surface area (TPSA) is 53.7 Å². The summed E-state index contributed by atoms with van der Waals surface area (Å²) in [6.45, 7) is 5.40. The summed E-state index contributed by atoms with van der Waals surface area (Å²) in [7, 11) is 3.26. The molecule has 0 fully saturated rings. The van der Waals surface area contributed by atoms with E-state index in [4.69, 9.17) is 19.9 Å². The third-order valence-electron chi connectivity index (χ3n) is 2.58. The van der Waals surface area contributed by atoms with Crippen LogP contribution in [0.1, 0.15) is 25.5 Å². The number of methoxy groups -OCH3 is 2. The van der Waals surface area contributed by atoms with Crippen LogP contribution in [0.4, 0.5) is 0 Å². The molecule has 0 saturated heterocycles. The Kier molecular flexibility index (Phi) is 5.95. The number of ether oxygens (including phenoxy) is 3. The second-order valence-corrected chi connectivity index (χ2v) is 4.65. The van der Waals surface area contributed by atoms with Crippen LogP contribution in [0, 0.1) is 5.92 Å². The van der Waals surface area contributed by atoms with Crippen molar-refractivity contribution < 1.29 is 14.2 Å². The Morgan fingerprint density at radius 1 is 1.11 bits per heavy atom. The van der Waals surface area contributed by atoms with Crippen molar-refractivity contribution in [2.45, 2.75) is 19.9 Å². The van der Waals surface area contributed by atoms with Crippen LogP contribution in [0.5, 0.6) is 11.5 Å². The maximum atomic E-state index is 6.12. The van der Waals surface area contributed by atoms with Gasteiger partial charge in [0.1, 0.15) is 11.5 Å². The molecule has 1 rings (SSSR count). The van der Waals surface area contributed by atoms with Gasteiger partial charge in [-0.25, -0.2) is 0 Å². The summed E-state index contributed by atoms with van der Waals surface area (Å²) in [5.74, 6) is 2.03. The summed E-state index contributed by atoms with van der Waals surface area (Å²) in [5.41, 5.74) is 7.02. The molecule has 0 bridgehead atoms. The highest BCUT2D eigenvalue weighted by atomic mass is 16.5. The van der Waals surface area contributed by atoms with Crippen LogP contribution in [0.15, 0.2) is 18.2 Å². The molecule has 0 heterocycles. The average Bonchev–Trinajstić information content (AvgIpc) is 2.37. The van der Waals surface area contributed by atoms with Crippen molar-refractivity contribution in [1.82, 2.24) is 0 Å². The lowest BCUT2D eigenvalue weighted by molar-refractivity contribution is 0.0977. The molecule has 0 spiro atoms. The van der Waals surface area contributed by atoms with E-state index in [1.807, 2.05) is 18.2 Å². The minimum Gasteiger partial charge on any atom is -0.497 e. The van der Waals surface area contributed by atoms with Crippen LogP contribution in [0.3, 0.4) is 0 Å². The van der Waals surface area contributed by atoms with Gasteiger partial charge in [0.2, 0.25) is 0 Å². The molecule has 1 aromatic rings. The summed E-state index contributed by atoms with van der Waals surface area (Å²) in [6.07, 6.45) is 0. The number of rotatable bonds is 7. The lowest BCUT2D eigenvalue weighted by Crippen LogP contribution is -2.19. The first-order chi connectivity index (χ1) is 8.58. The van der Waals surface area contributed by atoms with E-state index in [9.17, 15) is 0 Å². The zero-order valence-electron chi connectivity index (χ0n) is 11.6. The Balaban J connectivity index is 2.72. The molecule has 4 heteroatoms.